The minimum atomic E-state index is -3.44. The van der Waals surface area contributed by atoms with Gasteiger partial charge in [0, 0.05) is 5.02 Å². The highest BCUT2D eigenvalue weighted by Gasteiger charge is 2.14. The monoisotopic (exact) mass is 321 g/mol. The second-order valence-corrected chi connectivity index (χ2v) is 6.81. The van der Waals surface area contributed by atoms with E-state index in [0.29, 0.717) is 16.3 Å². The predicted molar refractivity (Wildman–Crippen MR) is 80.2 cm³/mol. The fraction of sp³-hybridized carbons (Fsp3) is 0.133. The molecule has 0 aliphatic carbocycles. The lowest BCUT2D eigenvalue weighted by atomic mass is 10.2. The van der Waals surface area contributed by atoms with Crippen molar-refractivity contribution in [3.8, 4) is 11.8 Å². The summed E-state index contributed by atoms with van der Waals surface area (Å²) in [6, 6.07) is 14.7. The maximum atomic E-state index is 12.1. The van der Waals surface area contributed by atoms with Crippen LogP contribution in [0.15, 0.2) is 53.4 Å². The molecule has 0 fully saturated rings. The van der Waals surface area contributed by atoms with Crippen molar-refractivity contribution in [3.05, 3.63) is 59.1 Å². The molecule has 0 unspecified atom stereocenters. The first-order chi connectivity index (χ1) is 10.0. The van der Waals surface area contributed by atoms with E-state index in [9.17, 15) is 8.42 Å². The third kappa shape index (κ3) is 4.22. The average Bonchev–Trinajstić information content (AvgIpc) is 2.47. The molecule has 0 saturated heterocycles. The Hall–Kier alpha value is -2.03. The molecule has 0 spiro atoms. The van der Waals surface area contributed by atoms with Gasteiger partial charge in [0.2, 0.25) is 0 Å². The lowest BCUT2D eigenvalue weighted by Gasteiger charge is -2.07. The molecule has 0 bridgehead atoms. The standard InChI is InChI=1S/C15H12ClNO3S/c16-13-4-2-6-15(10-13)21(18,19)8-7-20-14-5-1-3-12(9-14)11-17/h1-6,9-10H,7-8H2. The highest BCUT2D eigenvalue weighted by Crippen LogP contribution is 2.17. The van der Waals surface area contributed by atoms with Gasteiger partial charge >= 0.3 is 0 Å². The van der Waals surface area contributed by atoms with E-state index in [0.717, 1.165) is 0 Å². The maximum Gasteiger partial charge on any atom is 0.181 e. The summed E-state index contributed by atoms with van der Waals surface area (Å²) in [4.78, 5) is 0.171. The highest BCUT2D eigenvalue weighted by atomic mass is 35.5. The third-order valence-electron chi connectivity index (χ3n) is 2.74. The summed E-state index contributed by atoms with van der Waals surface area (Å²) in [5, 5.41) is 9.15. The summed E-state index contributed by atoms with van der Waals surface area (Å²) in [6.45, 7) is 0.00370. The van der Waals surface area contributed by atoms with E-state index in [1.54, 1.807) is 36.4 Å². The van der Waals surface area contributed by atoms with Crippen LogP contribution >= 0.6 is 11.6 Å². The van der Waals surface area contributed by atoms with Gasteiger partial charge in [0.15, 0.2) is 9.84 Å². The van der Waals surface area contributed by atoms with Crippen LogP contribution in [-0.4, -0.2) is 20.8 Å². The number of nitriles is 1. The molecule has 0 amide bonds. The molecule has 108 valence electrons. The Balaban J connectivity index is 2.01. The van der Waals surface area contributed by atoms with E-state index in [1.165, 1.54) is 12.1 Å². The van der Waals surface area contributed by atoms with E-state index in [1.807, 2.05) is 6.07 Å². The Kier molecular flexibility index (Phi) is 4.84. The molecule has 0 aromatic heterocycles. The lowest BCUT2D eigenvalue weighted by molar-refractivity contribution is 0.341. The first-order valence-electron chi connectivity index (χ1n) is 6.12. The van der Waals surface area contributed by atoms with Gasteiger partial charge in [-0.3, -0.25) is 0 Å². The largest absolute Gasteiger partial charge is 0.492 e. The number of nitrogens with zero attached hydrogens (tertiary/aromatic N) is 1. The molecule has 0 atom stereocenters. The molecule has 0 aliphatic heterocycles. The summed E-state index contributed by atoms with van der Waals surface area (Å²) in [5.74, 6) is 0.305. The predicted octanol–water partition coefficient (Wildman–Crippen LogP) is 3.06. The molecule has 2 rings (SSSR count). The molecule has 2 aromatic rings. The van der Waals surface area contributed by atoms with Crippen LogP contribution in [0.2, 0.25) is 5.02 Å². The summed E-state index contributed by atoms with van der Waals surface area (Å²) < 4.78 is 29.6. The van der Waals surface area contributed by atoms with Crippen LogP contribution in [0.4, 0.5) is 0 Å². The molecule has 21 heavy (non-hydrogen) atoms. The van der Waals surface area contributed by atoms with Crippen molar-refractivity contribution in [2.45, 2.75) is 4.90 Å². The van der Waals surface area contributed by atoms with Crippen molar-refractivity contribution in [2.24, 2.45) is 0 Å². The normalized spacial score (nSPS) is 10.9. The molecule has 4 nitrogen and oxygen atoms in total. The van der Waals surface area contributed by atoms with Gasteiger partial charge in [0.05, 0.1) is 22.3 Å². The summed E-state index contributed by atoms with van der Waals surface area (Å²) >= 11 is 5.79. The molecule has 0 aliphatic rings. The minimum Gasteiger partial charge on any atom is -0.492 e. The fourth-order valence-corrected chi connectivity index (χ4v) is 3.09. The van der Waals surface area contributed by atoms with Gasteiger partial charge in [-0.05, 0) is 36.4 Å². The van der Waals surface area contributed by atoms with Crippen LogP contribution in [0.5, 0.6) is 5.75 Å². The Labute approximate surface area is 128 Å². The van der Waals surface area contributed by atoms with Gasteiger partial charge in [0.1, 0.15) is 12.4 Å². The van der Waals surface area contributed by atoms with Gasteiger partial charge in [-0.25, -0.2) is 8.42 Å². The summed E-state index contributed by atoms with van der Waals surface area (Å²) in [6.07, 6.45) is 0. The molecule has 0 saturated carbocycles. The minimum absolute atomic E-state index is 0.00370. The zero-order valence-electron chi connectivity index (χ0n) is 11.0. The number of halogens is 1. The second kappa shape index (κ2) is 6.61. The van der Waals surface area contributed by atoms with E-state index in [2.05, 4.69) is 0 Å². The van der Waals surface area contributed by atoms with E-state index in [-0.39, 0.29) is 17.3 Å². The van der Waals surface area contributed by atoms with Crippen LogP contribution in [0.3, 0.4) is 0 Å². The first-order valence-corrected chi connectivity index (χ1v) is 8.15. The van der Waals surface area contributed by atoms with Crippen molar-refractivity contribution < 1.29 is 13.2 Å². The Morgan fingerprint density at radius 2 is 1.90 bits per heavy atom. The topological polar surface area (TPSA) is 67.2 Å². The Morgan fingerprint density at radius 3 is 2.62 bits per heavy atom. The average molecular weight is 322 g/mol. The zero-order valence-corrected chi connectivity index (χ0v) is 12.6. The van der Waals surface area contributed by atoms with Gasteiger partial charge in [-0.2, -0.15) is 5.26 Å². The summed E-state index contributed by atoms with van der Waals surface area (Å²) in [5.41, 5.74) is 0.463. The summed E-state index contributed by atoms with van der Waals surface area (Å²) in [7, 11) is -3.44. The van der Waals surface area contributed by atoms with E-state index >= 15 is 0 Å². The van der Waals surface area contributed by atoms with Crippen molar-refractivity contribution >= 4 is 21.4 Å². The quantitative estimate of drug-likeness (QED) is 0.848. The SMILES string of the molecule is N#Cc1cccc(OCCS(=O)(=O)c2cccc(Cl)c2)c1. The number of hydrogen-bond acceptors (Lipinski definition) is 4. The van der Waals surface area contributed by atoms with Gasteiger partial charge in [-0.15, -0.1) is 0 Å². The van der Waals surface area contributed by atoms with E-state index < -0.39 is 9.84 Å². The second-order valence-electron chi connectivity index (χ2n) is 4.26. The molecule has 0 N–H and O–H groups in total. The van der Waals surface area contributed by atoms with Crippen molar-refractivity contribution in [2.75, 3.05) is 12.4 Å². The van der Waals surface area contributed by atoms with Crippen LogP contribution in [-0.2, 0) is 9.84 Å². The molecular weight excluding hydrogens is 310 g/mol. The Morgan fingerprint density at radius 1 is 1.14 bits per heavy atom. The Bertz CT molecular complexity index is 782. The maximum absolute atomic E-state index is 12.1. The first kappa shape index (κ1) is 15.4. The smallest absolute Gasteiger partial charge is 0.181 e. The molecular formula is C15H12ClNO3S. The van der Waals surface area contributed by atoms with E-state index in [4.69, 9.17) is 21.6 Å². The number of sulfone groups is 1. The van der Waals surface area contributed by atoms with Crippen LogP contribution in [0.1, 0.15) is 5.56 Å². The molecule has 2 aromatic carbocycles. The number of hydrogen-bond donors (Lipinski definition) is 0. The van der Waals surface area contributed by atoms with Crippen molar-refractivity contribution in [1.82, 2.24) is 0 Å². The van der Waals surface area contributed by atoms with Crippen LogP contribution in [0.25, 0.3) is 0 Å². The highest BCUT2D eigenvalue weighted by molar-refractivity contribution is 7.91. The fourth-order valence-electron chi connectivity index (χ4n) is 1.70. The van der Waals surface area contributed by atoms with Gasteiger partial charge < -0.3 is 4.74 Å². The third-order valence-corrected chi connectivity index (χ3v) is 4.65. The van der Waals surface area contributed by atoms with Gasteiger partial charge in [0.25, 0.3) is 0 Å². The number of benzene rings is 2. The van der Waals surface area contributed by atoms with Crippen molar-refractivity contribution in [3.63, 3.8) is 0 Å². The molecule has 6 heteroatoms. The van der Waals surface area contributed by atoms with Crippen LogP contribution in [0, 0.1) is 11.3 Å². The van der Waals surface area contributed by atoms with Gasteiger partial charge in [-0.1, -0.05) is 23.7 Å². The molecule has 0 heterocycles. The lowest BCUT2D eigenvalue weighted by Crippen LogP contribution is -2.14. The zero-order chi connectivity index (χ0) is 15.3. The van der Waals surface area contributed by atoms with Crippen molar-refractivity contribution in [1.29, 1.82) is 5.26 Å². The van der Waals surface area contributed by atoms with Crippen LogP contribution < -0.4 is 4.74 Å². The number of ether oxygens (including phenoxy) is 1. The number of rotatable bonds is 5. The molecule has 0 radical (unpaired) electrons.